The van der Waals surface area contributed by atoms with E-state index in [-0.39, 0.29) is 17.9 Å². The highest BCUT2D eigenvalue weighted by Crippen LogP contribution is 2.24. The maximum Gasteiger partial charge on any atom is 0.343 e. The van der Waals surface area contributed by atoms with Crippen LogP contribution in [0.4, 0.5) is 0 Å². The maximum absolute atomic E-state index is 12.8. The predicted molar refractivity (Wildman–Crippen MR) is 169 cm³/mol. The molecule has 0 aromatic heterocycles. The summed E-state index contributed by atoms with van der Waals surface area (Å²) in [7, 11) is 0. The van der Waals surface area contributed by atoms with Crippen molar-refractivity contribution in [2.24, 2.45) is 0 Å². The molecule has 1 atom stereocenters. The van der Waals surface area contributed by atoms with Gasteiger partial charge < -0.3 is 14.2 Å². The van der Waals surface area contributed by atoms with Crippen LogP contribution in [0.5, 0.6) is 11.5 Å². The Labute approximate surface area is 254 Å². The number of unbranched alkanes of at least 4 members (excludes halogenated alkanes) is 5. The minimum atomic E-state index is -0.449. The summed E-state index contributed by atoms with van der Waals surface area (Å²) in [5.41, 5.74) is 1.69. The van der Waals surface area contributed by atoms with Gasteiger partial charge in [0.05, 0.1) is 18.3 Å². The molecule has 0 spiro atoms. The lowest BCUT2D eigenvalue weighted by atomic mass is 10.00. The third-order valence-corrected chi connectivity index (χ3v) is 7.36. The van der Waals surface area contributed by atoms with Gasteiger partial charge in [0, 0.05) is 17.5 Å². The van der Waals surface area contributed by atoms with Crippen molar-refractivity contribution in [3.63, 3.8) is 0 Å². The molecule has 4 aromatic carbocycles. The summed E-state index contributed by atoms with van der Waals surface area (Å²) in [4.78, 5) is 37.2. The molecular formula is C37H40O6. The van der Waals surface area contributed by atoms with Crippen LogP contribution in [0, 0.1) is 0 Å². The van der Waals surface area contributed by atoms with Gasteiger partial charge in [0.25, 0.3) is 0 Å². The van der Waals surface area contributed by atoms with E-state index in [4.69, 9.17) is 14.2 Å². The normalized spacial score (nSPS) is 11.6. The molecule has 0 amide bonds. The monoisotopic (exact) mass is 580 g/mol. The lowest BCUT2D eigenvalue weighted by Gasteiger charge is -2.10. The summed E-state index contributed by atoms with van der Waals surface area (Å²) in [5.74, 6) is 0.572. The predicted octanol–water partition coefficient (Wildman–Crippen LogP) is 8.74. The van der Waals surface area contributed by atoms with Crippen LogP contribution in [0.3, 0.4) is 0 Å². The summed E-state index contributed by atoms with van der Waals surface area (Å²) in [6.45, 7) is 4.54. The zero-order valence-electron chi connectivity index (χ0n) is 25.1. The SMILES string of the molecule is CCC(C)OC(=O)CCCCCCCCOc1ccc(C(=O)Oc2ccc3cc(C(=O)c4ccccc4)ccc3c2)cc1. The Kier molecular flexibility index (Phi) is 11.9. The minimum absolute atomic E-state index is 0.00343. The van der Waals surface area contributed by atoms with Crippen LogP contribution in [-0.4, -0.2) is 30.4 Å². The van der Waals surface area contributed by atoms with Crippen molar-refractivity contribution in [3.8, 4) is 11.5 Å². The first-order valence-corrected chi connectivity index (χ1v) is 15.2. The zero-order chi connectivity index (χ0) is 30.4. The molecule has 0 saturated carbocycles. The van der Waals surface area contributed by atoms with E-state index in [1.54, 1.807) is 54.6 Å². The van der Waals surface area contributed by atoms with Crippen LogP contribution >= 0.6 is 0 Å². The summed E-state index contributed by atoms with van der Waals surface area (Å²) in [6, 6.07) is 27.0. The van der Waals surface area contributed by atoms with Gasteiger partial charge in [-0.25, -0.2) is 4.79 Å². The van der Waals surface area contributed by atoms with Gasteiger partial charge in [-0.2, -0.15) is 0 Å². The molecule has 6 heteroatoms. The van der Waals surface area contributed by atoms with Gasteiger partial charge in [0.2, 0.25) is 0 Å². The molecule has 0 bridgehead atoms. The Morgan fingerprint density at radius 1 is 0.651 bits per heavy atom. The van der Waals surface area contributed by atoms with Crippen LogP contribution in [0.1, 0.15) is 91.5 Å². The van der Waals surface area contributed by atoms with E-state index >= 15 is 0 Å². The van der Waals surface area contributed by atoms with Crippen molar-refractivity contribution in [3.05, 3.63) is 108 Å². The average molecular weight is 581 g/mol. The number of carbonyl (C=O) groups is 3. The quantitative estimate of drug-likeness (QED) is 0.0571. The van der Waals surface area contributed by atoms with Gasteiger partial charge in [-0.1, -0.05) is 81.1 Å². The van der Waals surface area contributed by atoms with E-state index in [0.29, 0.717) is 41.2 Å². The first-order valence-electron chi connectivity index (χ1n) is 15.2. The number of benzene rings is 4. The Hall–Kier alpha value is -4.45. The molecule has 4 rings (SSSR count). The molecule has 1 unspecified atom stereocenters. The second-order valence-corrected chi connectivity index (χ2v) is 10.8. The van der Waals surface area contributed by atoms with Crippen molar-refractivity contribution < 1.29 is 28.6 Å². The van der Waals surface area contributed by atoms with E-state index < -0.39 is 5.97 Å². The first-order chi connectivity index (χ1) is 20.9. The molecule has 0 N–H and O–H groups in total. The third kappa shape index (κ3) is 9.81. The van der Waals surface area contributed by atoms with Gasteiger partial charge in [0.15, 0.2) is 5.78 Å². The molecule has 0 radical (unpaired) electrons. The van der Waals surface area contributed by atoms with Crippen molar-refractivity contribution in [1.82, 2.24) is 0 Å². The third-order valence-electron chi connectivity index (χ3n) is 7.36. The molecule has 0 aliphatic carbocycles. The Balaban J connectivity index is 1.16. The number of hydrogen-bond donors (Lipinski definition) is 0. The van der Waals surface area contributed by atoms with E-state index in [2.05, 4.69) is 0 Å². The summed E-state index contributed by atoms with van der Waals surface area (Å²) < 4.78 is 16.7. The number of esters is 2. The molecule has 43 heavy (non-hydrogen) atoms. The first kappa shape index (κ1) is 31.5. The number of ether oxygens (including phenoxy) is 3. The lowest BCUT2D eigenvalue weighted by molar-refractivity contribution is -0.148. The fraction of sp³-hybridized carbons (Fsp3) is 0.324. The number of ketones is 1. The molecule has 0 aliphatic heterocycles. The van der Waals surface area contributed by atoms with E-state index in [9.17, 15) is 14.4 Å². The van der Waals surface area contributed by atoms with Gasteiger partial charge >= 0.3 is 11.9 Å². The largest absolute Gasteiger partial charge is 0.494 e. The van der Waals surface area contributed by atoms with Crippen molar-refractivity contribution in [2.45, 2.75) is 71.3 Å². The molecule has 0 heterocycles. The van der Waals surface area contributed by atoms with Crippen LogP contribution in [0.15, 0.2) is 91.0 Å². The summed E-state index contributed by atoms with van der Waals surface area (Å²) >= 11 is 0. The topological polar surface area (TPSA) is 78.9 Å². The number of hydrogen-bond acceptors (Lipinski definition) is 6. The van der Waals surface area contributed by atoms with Crippen LogP contribution in [0.2, 0.25) is 0 Å². The highest BCUT2D eigenvalue weighted by molar-refractivity contribution is 6.10. The molecule has 0 saturated heterocycles. The van der Waals surface area contributed by atoms with E-state index in [1.165, 1.54) is 0 Å². The number of rotatable bonds is 16. The van der Waals surface area contributed by atoms with Gasteiger partial charge in [-0.3, -0.25) is 9.59 Å². The Morgan fingerprint density at radius 3 is 2.02 bits per heavy atom. The molecule has 6 nitrogen and oxygen atoms in total. The van der Waals surface area contributed by atoms with E-state index in [1.807, 2.05) is 50.2 Å². The van der Waals surface area contributed by atoms with Crippen LogP contribution in [-0.2, 0) is 9.53 Å². The average Bonchev–Trinajstić information content (AvgIpc) is 3.04. The highest BCUT2D eigenvalue weighted by Gasteiger charge is 2.12. The zero-order valence-corrected chi connectivity index (χ0v) is 25.1. The molecular weight excluding hydrogens is 540 g/mol. The fourth-order valence-electron chi connectivity index (χ4n) is 4.67. The Morgan fingerprint density at radius 2 is 1.28 bits per heavy atom. The van der Waals surface area contributed by atoms with Crippen molar-refractivity contribution in [1.29, 1.82) is 0 Å². The fourth-order valence-corrected chi connectivity index (χ4v) is 4.67. The number of carbonyl (C=O) groups excluding carboxylic acids is 3. The van der Waals surface area contributed by atoms with Crippen LogP contribution in [0.25, 0.3) is 10.8 Å². The summed E-state index contributed by atoms with van der Waals surface area (Å²) in [5, 5.41) is 1.77. The van der Waals surface area contributed by atoms with E-state index in [0.717, 1.165) is 55.7 Å². The molecule has 4 aromatic rings. The smallest absolute Gasteiger partial charge is 0.343 e. The van der Waals surface area contributed by atoms with Gasteiger partial charge in [-0.15, -0.1) is 0 Å². The molecule has 0 aliphatic rings. The Bertz CT molecular complexity index is 1490. The molecule has 0 fully saturated rings. The maximum atomic E-state index is 12.8. The van der Waals surface area contributed by atoms with Gasteiger partial charge in [-0.05, 0) is 79.4 Å². The second kappa shape index (κ2) is 16.3. The molecule has 224 valence electrons. The minimum Gasteiger partial charge on any atom is -0.494 e. The lowest BCUT2D eigenvalue weighted by Crippen LogP contribution is -2.13. The number of fused-ring (bicyclic) bond motifs is 1. The van der Waals surface area contributed by atoms with Crippen LogP contribution < -0.4 is 9.47 Å². The highest BCUT2D eigenvalue weighted by atomic mass is 16.5. The second-order valence-electron chi connectivity index (χ2n) is 10.8. The van der Waals surface area contributed by atoms with Crippen molar-refractivity contribution in [2.75, 3.05) is 6.61 Å². The van der Waals surface area contributed by atoms with Gasteiger partial charge in [0.1, 0.15) is 11.5 Å². The van der Waals surface area contributed by atoms with Crippen molar-refractivity contribution >= 4 is 28.5 Å². The standard InChI is InChI=1S/C37H40O6/c1-3-27(2)42-35(38)15-11-6-4-5-7-12-24-41-33-21-18-29(19-22-33)37(40)43-34-23-20-30-25-32(17-16-31(30)26-34)36(39)28-13-9-8-10-14-28/h8-10,13-14,16-23,25-27H,3-7,11-12,15,24H2,1-2H3. The summed E-state index contributed by atoms with van der Waals surface area (Å²) in [6.07, 6.45) is 7.48.